The van der Waals surface area contributed by atoms with E-state index in [1.807, 2.05) is 7.05 Å². The van der Waals surface area contributed by atoms with Gasteiger partial charge in [0, 0.05) is 39.3 Å². The summed E-state index contributed by atoms with van der Waals surface area (Å²) >= 11 is 0. The summed E-state index contributed by atoms with van der Waals surface area (Å²) in [6.45, 7) is 10.7. The van der Waals surface area contributed by atoms with Crippen LogP contribution in [-0.2, 0) is 13.1 Å². The van der Waals surface area contributed by atoms with E-state index >= 15 is 0 Å². The zero-order valence-corrected chi connectivity index (χ0v) is 17.1. The van der Waals surface area contributed by atoms with Crippen LogP contribution in [0.2, 0.25) is 0 Å². The molecule has 1 aliphatic heterocycles. The number of aliphatic imine (C=N–C) groups is 1. The first-order valence-electron chi connectivity index (χ1n) is 10.0. The highest BCUT2D eigenvalue weighted by molar-refractivity contribution is 5.79. The Morgan fingerprint density at radius 3 is 2.35 bits per heavy atom. The molecular formula is C21H37N5. The number of hydrogen-bond acceptors (Lipinski definition) is 3. The highest BCUT2D eigenvalue weighted by Gasteiger charge is 2.10. The minimum absolute atomic E-state index is 0.565. The molecule has 0 radical (unpaired) electrons. The van der Waals surface area contributed by atoms with Gasteiger partial charge in [-0.05, 0) is 58.0 Å². The van der Waals surface area contributed by atoms with E-state index in [0.29, 0.717) is 6.04 Å². The number of likely N-dealkylation sites (tertiary alicyclic amines) is 1. The average Bonchev–Trinajstić information content (AvgIpc) is 2.66. The minimum Gasteiger partial charge on any atom is -0.355 e. The van der Waals surface area contributed by atoms with Crippen molar-refractivity contribution in [3.05, 3.63) is 35.4 Å². The Labute approximate surface area is 159 Å². The van der Waals surface area contributed by atoms with E-state index in [1.54, 1.807) is 0 Å². The second kappa shape index (κ2) is 11.2. The second-order valence-corrected chi connectivity index (χ2v) is 7.58. The first-order valence-corrected chi connectivity index (χ1v) is 10.0. The molecule has 1 aromatic rings. The molecule has 1 saturated heterocycles. The van der Waals surface area contributed by atoms with E-state index in [2.05, 4.69) is 70.6 Å². The smallest absolute Gasteiger partial charge is 0.191 e. The van der Waals surface area contributed by atoms with Crippen molar-refractivity contribution in [3.8, 4) is 0 Å². The molecule has 1 aliphatic rings. The molecule has 5 heteroatoms. The van der Waals surface area contributed by atoms with Crippen LogP contribution in [0.1, 0.15) is 44.2 Å². The predicted octanol–water partition coefficient (Wildman–Crippen LogP) is 2.68. The Kier molecular flexibility index (Phi) is 8.92. The quantitative estimate of drug-likeness (QED) is 0.553. The van der Waals surface area contributed by atoms with Gasteiger partial charge in [0.1, 0.15) is 0 Å². The lowest BCUT2D eigenvalue weighted by molar-refractivity contribution is 0.221. The van der Waals surface area contributed by atoms with Gasteiger partial charge in [0.2, 0.25) is 0 Å². The zero-order chi connectivity index (χ0) is 18.8. The molecule has 0 atom stereocenters. The lowest BCUT2D eigenvalue weighted by Gasteiger charge is -2.26. The Morgan fingerprint density at radius 1 is 1.08 bits per heavy atom. The Morgan fingerprint density at radius 2 is 1.73 bits per heavy atom. The maximum Gasteiger partial charge on any atom is 0.191 e. The average molecular weight is 360 g/mol. The third kappa shape index (κ3) is 7.34. The lowest BCUT2D eigenvalue weighted by atomic mass is 10.1. The van der Waals surface area contributed by atoms with Crippen molar-refractivity contribution < 1.29 is 0 Å². The van der Waals surface area contributed by atoms with Crippen molar-refractivity contribution in [2.45, 2.75) is 52.2 Å². The Balaban J connectivity index is 1.71. The van der Waals surface area contributed by atoms with Crippen molar-refractivity contribution in [1.29, 1.82) is 0 Å². The third-order valence-electron chi connectivity index (χ3n) is 5.20. The molecule has 0 unspecified atom stereocenters. The molecule has 0 amide bonds. The summed E-state index contributed by atoms with van der Waals surface area (Å²) in [6.07, 6.45) is 4.09. The summed E-state index contributed by atoms with van der Waals surface area (Å²) in [5, 5.41) is 6.78. The van der Waals surface area contributed by atoms with Gasteiger partial charge in [-0.3, -0.25) is 9.89 Å². The normalized spacial score (nSPS) is 16.3. The molecule has 1 fully saturated rings. The number of hydrogen-bond donors (Lipinski definition) is 2. The van der Waals surface area contributed by atoms with Gasteiger partial charge in [0.05, 0.1) is 0 Å². The molecular weight excluding hydrogens is 322 g/mol. The Hall–Kier alpha value is -1.59. The SMILES string of the molecule is CN=C(NCCN(C)C(C)C)NCc1ccc(CN2CCCCC2)cc1. The fraction of sp³-hybridized carbons (Fsp3) is 0.667. The first-order chi connectivity index (χ1) is 12.6. The van der Waals surface area contributed by atoms with Gasteiger partial charge in [-0.2, -0.15) is 0 Å². The second-order valence-electron chi connectivity index (χ2n) is 7.58. The predicted molar refractivity (Wildman–Crippen MR) is 112 cm³/mol. The lowest BCUT2D eigenvalue weighted by Crippen LogP contribution is -2.41. The fourth-order valence-corrected chi connectivity index (χ4v) is 3.15. The van der Waals surface area contributed by atoms with Gasteiger partial charge in [0.15, 0.2) is 5.96 Å². The number of guanidine groups is 1. The summed E-state index contributed by atoms with van der Waals surface area (Å²) in [5.41, 5.74) is 2.70. The van der Waals surface area contributed by atoms with Crippen LogP contribution in [0.25, 0.3) is 0 Å². The third-order valence-corrected chi connectivity index (χ3v) is 5.20. The van der Waals surface area contributed by atoms with Crippen LogP contribution in [0.3, 0.4) is 0 Å². The number of rotatable bonds is 8. The summed E-state index contributed by atoms with van der Waals surface area (Å²) in [4.78, 5) is 9.20. The maximum atomic E-state index is 4.31. The van der Waals surface area contributed by atoms with Crippen LogP contribution in [0.4, 0.5) is 0 Å². The molecule has 2 N–H and O–H groups in total. The summed E-state index contributed by atoms with van der Waals surface area (Å²) in [5.74, 6) is 0.861. The van der Waals surface area contributed by atoms with Gasteiger partial charge < -0.3 is 15.5 Å². The molecule has 26 heavy (non-hydrogen) atoms. The molecule has 0 bridgehead atoms. The van der Waals surface area contributed by atoms with E-state index in [1.165, 1.54) is 43.5 Å². The van der Waals surface area contributed by atoms with Crippen LogP contribution in [0.5, 0.6) is 0 Å². The number of benzene rings is 1. The van der Waals surface area contributed by atoms with Crippen molar-refractivity contribution in [3.63, 3.8) is 0 Å². The van der Waals surface area contributed by atoms with Crippen LogP contribution >= 0.6 is 0 Å². The molecule has 0 aromatic heterocycles. The summed E-state index contributed by atoms with van der Waals surface area (Å²) in [7, 11) is 3.97. The van der Waals surface area contributed by atoms with Crippen LogP contribution in [-0.4, -0.2) is 62.1 Å². The van der Waals surface area contributed by atoms with E-state index in [0.717, 1.165) is 32.1 Å². The molecule has 146 valence electrons. The molecule has 0 saturated carbocycles. The van der Waals surface area contributed by atoms with Gasteiger partial charge in [-0.1, -0.05) is 30.7 Å². The zero-order valence-electron chi connectivity index (χ0n) is 17.1. The topological polar surface area (TPSA) is 42.9 Å². The number of piperidine rings is 1. The van der Waals surface area contributed by atoms with E-state index in [4.69, 9.17) is 0 Å². The largest absolute Gasteiger partial charge is 0.355 e. The maximum absolute atomic E-state index is 4.31. The van der Waals surface area contributed by atoms with Crippen molar-refractivity contribution in [2.75, 3.05) is 40.3 Å². The van der Waals surface area contributed by atoms with Crippen molar-refractivity contribution in [1.82, 2.24) is 20.4 Å². The van der Waals surface area contributed by atoms with Crippen LogP contribution in [0, 0.1) is 0 Å². The van der Waals surface area contributed by atoms with Gasteiger partial charge >= 0.3 is 0 Å². The van der Waals surface area contributed by atoms with E-state index in [9.17, 15) is 0 Å². The summed E-state index contributed by atoms with van der Waals surface area (Å²) < 4.78 is 0. The number of nitrogens with zero attached hydrogens (tertiary/aromatic N) is 3. The standard InChI is InChI=1S/C21H37N5/c1-18(2)25(4)15-12-23-21(22-3)24-16-19-8-10-20(11-9-19)17-26-13-6-5-7-14-26/h8-11,18H,5-7,12-17H2,1-4H3,(H2,22,23,24). The highest BCUT2D eigenvalue weighted by atomic mass is 15.2. The Bertz CT molecular complexity index is 532. The fourth-order valence-electron chi connectivity index (χ4n) is 3.15. The molecule has 5 nitrogen and oxygen atoms in total. The molecule has 1 heterocycles. The van der Waals surface area contributed by atoms with Crippen LogP contribution in [0.15, 0.2) is 29.3 Å². The molecule has 0 spiro atoms. The van der Waals surface area contributed by atoms with Gasteiger partial charge in [-0.15, -0.1) is 0 Å². The first kappa shape index (κ1) is 20.7. The molecule has 0 aliphatic carbocycles. The minimum atomic E-state index is 0.565. The molecule has 1 aromatic carbocycles. The summed E-state index contributed by atoms with van der Waals surface area (Å²) in [6, 6.07) is 9.55. The van der Waals surface area contributed by atoms with Crippen LogP contribution < -0.4 is 10.6 Å². The van der Waals surface area contributed by atoms with Crippen molar-refractivity contribution >= 4 is 5.96 Å². The highest BCUT2D eigenvalue weighted by Crippen LogP contribution is 2.13. The number of likely N-dealkylation sites (N-methyl/N-ethyl adjacent to an activating group) is 1. The van der Waals surface area contributed by atoms with Gasteiger partial charge in [0.25, 0.3) is 0 Å². The van der Waals surface area contributed by atoms with E-state index < -0.39 is 0 Å². The van der Waals surface area contributed by atoms with Crippen molar-refractivity contribution in [2.24, 2.45) is 4.99 Å². The van der Waals surface area contributed by atoms with Gasteiger partial charge in [-0.25, -0.2) is 0 Å². The number of nitrogens with one attached hydrogen (secondary N) is 2. The molecule has 2 rings (SSSR count). The van der Waals surface area contributed by atoms with E-state index in [-0.39, 0.29) is 0 Å². The monoisotopic (exact) mass is 359 g/mol.